The highest BCUT2D eigenvalue weighted by Crippen LogP contribution is 2.18. The Morgan fingerprint density at radius 1 is 1.71 bits per heavy atom. The van der Waals surface area contributed by atoms with Crippen molar-refractivity contribution in [3.05, 3.63) is 12.5 Å². The highest BCUT2D eigenvalue weighted by Gasteiger charge is 2.11. The topological polar surface area (TPSA) is 90.1 Å². The second-order valence-corrected chi connectivity index (χ2v) is 2.72. The molecule has 0 bridgehead atoms. The lowest BCUT2D eigenvalue weighted by atomic mass is 10.3. The highest BCUT2D eigenvalue weighted by molar-refractivity contribution is 5.95. The molecule has 1 atom stereocenters. The van der Waals surface area contributed by atoms with Crippen LogP contribution in [0.25, 0.3) is 0 Å². The molecule has 1 amide bonds. The maximum Gasteiger partial charge on any atom is 0.241 e. The van der Waals surface area contributed by atoms with Crippen molar-refractivity contribution < 1.29 is 9.53 Å². The molecule has 0 saturated heterocycles. The van der Waals surface area contributed by atoms with E-state index in [1.807, 2.05) is 0 Å². The fourth-order valence-corrected chi connectivity index (χ4v) is 0.813. The third-order valence-electron chi connectivity index (χ3n) is 1.54. The van der Waals surface area contributed by atoms with Crippen LogP contribution in [0.1, 0.15) is 6.92 Å². The van der Waals surface area contributed by atoms with Crippen molar-refractivity contribution in [3.8, 4) is 5.88 Å². The maximum atomic E-state index is 11.2. The fraction of sp³-hybridized carbons (Fsp3) is 0.375. The van der Waals surface area contributed by atoms with Crippen LogP contribution in [-0.2, 0) is 4.79 Å². The number of ether oxygens (including phenoxy) is 1. The number of anilines is 1. The van der Waals surface area contributed by atoms with Gasteiger partial charge in [-0.05, 0) is 6.92 Å². The van der Waals surface area contributed by atoms with Crippen LogP contribution in [0.4, 0.5) is 5.69 Å². The van der Waals surface area contributed by atoms with Crippen molar-refractivity contribution in [3.63, 3.8) is 0 Å². The molecule has 1 aromatic rings. The van der Waals surface area contributed by atoms with Gasteiger partial charge in [0.2, 0.25) is 11.8 Å². The van der Waals surface area contributed by atoms with Crippen LogP contribution in [0.5, 0.6) is 5.88 Å². The van der Waals surface area contributed by atoms with Gasteiger partial charge in [-0.25, -0.2) is 4.98 Å². The van der Waals surface area contributed by atoms with E-state index < -0.39 is 6.04 Å². The summed E-state index contributed by atoms with van der Waals surface area (Å²) in [4.78, 5) is 18.8. The van der Waals surface area contributed by atoms with Crippen LogP contribution in [0.2, 0.25) is 0 Å². The molecule has 0 aliphatic carbocycles. The number of amides is 1. The van der Waals surface area contributed by atoms with Gasteiger partial charge in [-0.3, -0.25) is 4.79 Å². The monoisotopic (exact) mass is 196 g/mol. The second-order valence-electron chi connectivity index (χ2n) is 2.72. The first-order valence-electron chi connectivity index (χ1n) is 4.05. The molecule has 1 rings (SSSR count). The van der Waals surface area contributed by atoms with E-state index in [0.29, 0.717) is 11.6 Å². The van der Waals surface area contributed by atoms with E-state index in [-0.39, 0.29) is 5.91 Å². The van der Waals surface area contributed by atoms with Crippen LogP contribution < -0.4 is 15.8 Å². The number of methoxy groups -OCH3 is 1. The summed E-state index contributed by atoms with van der Waals surface area (Å²) in [6.07, 6.45) is 2.78. The van der Waals surface area contributed by atoms with Crippen molar-refractivity contribution in [1.82, 2.24) is 9.97 Å². The molecule has 1 unspecified atom stereocenters. The van der Waals surface area contributed by atoms with Crippen LogP contribution in [0.15, 0.2) is 12.5 Å². The Kier molecular flexibility index (Phi) is 3.35. The van der Waals surface area contributed by atoms with Crippen LogP contribution in [0.3, 0.4) is 0 Å². The number of nitrogens with one attached hydrogen (secondary N) is 1. The summed E-state index contributed by atoms with van der Waals surface area (Å²) in [7, 11) is 1.46. The first-order valence-corrected chi connectivity index (χ1v) is 4.05. The van der Waals surface area contributed by atoms with E-state index in [9.17, 15) is 4.79 Å². The first kappa shape index (κ1) is 10.4. The van der Waals surface area contributed by atoms with Gasteiger partial charge in [0.15, 0.2) is 0 Å². The van der Waals surface area contributed by atoms with Crippen molar-refractivity contribution >= 4 is 11.6 Å². The summed E-state index contributed by atoms with van der Waals surface area (Å²) in [6.45, 7) is 1.59. The fourth-order valence-electron chi connectivity index (χ4n) is 0.813. The Morgan fingerprint density at radius 2 is 2.43 bits per heavy atom. The Balaban J connectivity index is 2.80. The molecular weight excluding hydrogens is 184 g/mol. The quantitative estimate of drug-likeness (QED) is 0.697. The molecule has 0 radical (unpaired) electrons. The normalized spacial score (nSPS) is 11.9. The molecule has 0 aromatic carbocycles. The lowest BCUT2D eigenvalue weighted by molar-refractivity contribution is -0.117. The number of carbonyl (C=O) groups is 1. The molecule has 76 valence electrons. The van der Waals surface area contributed by atoms with Gasteiger partial charge in [-0.1, -0.05) is 0 Å². The molecular formula is C8H12N4O2. The smallest absolute Gasteiger partial charge is 0.241 e. The minimum Gasteiger partial charge on any atom is -0.479 e. The lowest BCUT2D eigenvalue weighted by Crippen LogP contribution is -2.32. The van der Waals surface area contributed by atoms with Gasteiger partial charge >= 0.3 is 0 Å². The summed E-state index contributed by atoms with van der Waals surface area (Å²) < 4.78 is 4.92. The highest BCUT2D eigenvalue weighted by atomic mass is 16.5. The third kappa shape index (κ3) is 2.40. The number of hydrogen-bond donors (Lipinski definition) is 2. The second kappa shape index (κ2) is 4.52. The molecule has 0 saturated carbocycles. The van der Waals surface area contributed by atoms with E-state index in [1.165, 1.54) is 19.6 Å². The molecule has 0 spiro atoms. The van der Waals surface area contributed by atoms with E-state index in [2.05, 4.69) is 15.3 Å². The van der Waals surface area contributed by atoms with Crippen LogP contribution >= 0.6 is 0 Å². The van der Waals surface area contributed by atoms with Gasteiger partial charge in [-0.15, -0.1) is 0 Å². The molecule has 1 aromatic heterocycles. The van der Waals surface area contributed by atoms with Gasteiger partial charge in [0.1, 0.15) is 12.0 Å². The SMILES string of the molecule is COc1ncncc1NC(=O)C(C)N. The van der Waals surface area contributed by atoms with Crippen LogP contribution in [-0.4, -0.2) is 29.0 Å². The number of nitrogens with zero attached hydrogens (tertiary/aromatic N) is 2. The summed E-state index contributed by atoms with van der Waals surface area (Å²) in [6, 6.07) is -0.583. The summed E-state index contributed by atoms with van der Waals surface area (Å²) in [5, 5.41) is 2.55. The predicted octanol–water partition coefficient (Wildman–Crippen LogP) is -0.229. The predicted molar refractivity (Wildman–Crippen MR) is 50.9 cm³/mol. The average Bonchev–Trinajstić information content (AvgIpc) is 2.18. The molecule has 1 heterocycles. The van der Waals surface area contributed by atoms with Gasteiger partial charge in [0.25, 0.3) is 0 Å². The Hall–Kier alpha value is -1.69. The van der Waals surface area contributed by atoms with E-state index >= 15 is 0 Å². The van der Waals surface area contributed by atoms with Gasteiger partial charge < -0.3 is 15.8 Å². The van der Waals surface area contributed by atoms with Gasteiger partial charge in [-0.2, -0.15) is 4.98 Å². The Morgan fingerprint density at radius 3 is 3.00 bits per heavy atom. The standard InChI is InChI=1S/C8H12N4O2/c1-5(9)7(13)12-6-3-10-4-11-8(6)14-2/h3-5H,9H2,1-2H3,(H,12,13). The first-order chi connectivity index (χ1) is 6.65. The molecule has 6 nitrogen and oxygen atoms in total. The number of rotatable bonds is 3. The molecule has 0 aliphatic heterocycles. The number of nitrogens with two attached hydrogens (primary N) is 1. The maximum absolute atomic E-state index is 11.2. The van der Waals surface area contributed by atoms with Crippen molar-refractivity contribution in [2.45, 2.75) is 13.0 Å². The number of aromatic nitrogens is 2. The zero-order chi connectivity index (χ0) is 10.6. The molecule has 0 fully saturated rings. The number of carbonyl (C=O) groups excluding carboxylic acids is 1. The molecule has 3 N–H and O–H groups in total. The molecule has 6 heteroatoms. The van der Waals surface area contributed by atoms with Gasteiger partial charge in [0.05, 0.1) is 19.3 Å². The zero-order valence-corrected chi connectivity index (χ0v) is 8.02. The van der Waals surface area contributed by atoms with Gasteiger partial charge in [0, 0.05) is 0 Å². The minimum absolute atomic E-state index is 0.307. The van der Waals surface area contributed by atoms with Crippen molar-refractivity contribution in [1.29, 1.82) is 0 Å². The Bertz CT molecular complexity index is 327. The number of hydrogen-bond acceptors (Lipinski definition) is 5. The van der Waals surface area contributed by atoms with E-state index in [4.69, 9.17) is 10.5 Å². The van der Waals surface area contributed by atoms with Crippen molar-refractivity contribution in [2.75, 3.05) is 12.4 Å². The molecule has 0 aliphatic rings. The minimum atomic E-state index is -0.583. The van der Waals surface area contributed by atoms with Crippen molar-refractivity contribution in [2.24, 2.45) is 5.73 Å². The lowest BCUT2D eigenvalue weighted by Gasteiger charge is -2.09. The largest absolute Gasteiger partial charge is 0.479 e. The average molecular weight is 196 g/mol. The molecule has 14 heavy (non-hydrogen) atoms. The zero-order valence-electron chi connectivity index (χ0n) is 8.02. The summed E-state index contributed by atoms with van der Waals surface area (Å²) in [5.74, 6) is 0.00657. The summed E-state index contributed by atoms with van der Waals surface area (Å²) >= 11 is 0. The third-order valence-corrected chi connectivity index (χ3v) is 1.54. The van der Waals surface area contributed by atoms with Crippen LogP contribution in [0, 0.1) is 0 Å². The summed E-state index contributed by atoms with van der Waals surface area (Å²) in [5.41, 5.74) is 5.80. The van der Waals surface area contributed by atoms with E-state index in [0.717, 1.165) is 0 Å². The van der Waals surface area contributed by atoms with E-state index in [1.54, 1.807) is 6.92 Å². The Labute approximate surface area is 81.5 Å².